The van der Waals surface area contributed by atoms with Gasteiger partial charge in [-0.15, -0.1) is 0 Å². The van der Waals surface area contributed by atoms with Crippen molar-refractivity contribution < 1.29 is 27.5 Å². The number of rotatable bonds is 8. The number of morpholine rings is 1. The molecular weight excluding hydrogens is 579 g/mol. The minimum atomic E-state index is -4.40. The average Bonchev–Trinajstić information content (AvgIpc) is 3.68. The molecule has 2 amide bonds. The van der Waals surface area contributed by atoms with Crippen molar-refractivity contribution in [1.29, 1.82) is 0 Å². The summed E-state index contributed by atoms with van der Waals surface area (Å²) in [5, 5.41) is 14.7. The third-order valence-electron chi connectivity index (χ3n) is 9.03. The number of nitrogens with zero attached hydrogens (tertiary/aromatic N) is 7. The topological polar surface area (TPSA) is 132 Å². The summed E-state index contributed by atoms with van der Waals surface area (Å²) in [5.74, 6) is -2.20. The van der Waals surface area contributed by atoms with Crippen LogP contribution in [-0.4, -0.2) is 80.2 Å². The lowest BCUT2D eigenvalue weighted by Crippen LogP contribution is -2.47. The fourth-order valence-corrected chi connectivity index (χ4v) is 6.63. The van der Waals surface area contributed by atoms with Gasteiger partial charge in [0.25, 0.3) is 11.7 Å². The van der Waals surface area contributed by atoms with Gasteiger partial charge in [-0.1, -0.05) is 19.3 Å². The monoisotopic (exact) mass is 617 g/mol. The van der Waals surface area contributed by atoms with Crippen LogP contribution in [0, 0.1) is 17.8 Å². The zero-order valence-corrected chi connectivity index (χ0v) is 24.7. The number of fused-ring (bicyclic) bond motifs is 1. The third kappa shape index (κ3) is 6.37. The summed E-state index contributed by atoms with van der Waals surface area (Å²) >= 11 is 0. The van der Waals surface area contributed by atoms with Crippen LogP contribution in [-0.2, 0) is 22.5 Å². The average molecular weight is 618 g/mol. The summed E-state index contributed by atoms with van der Waals surface area (Å²) in [4.78, 5) is 37.8. The molecule has 238 valence electrons. The molecule has 0 spiro atoms. The molecule has 6 rings (SSSR count). The second-order valence-corrected chi connectivity index (χ2v) is 11.9. The lowest BCUT2D eigenvalue weighted by atomic mass is 9.82. The van der Waals surface area contributed by atoms with Gasteiger partial charge < -0.3 is 20.3 Å². The zero-order chi connectivity index (χ0) is 30.8. The van der Waals surface area contributed by atoms with Gasteiger partial charge in [-0.05, 0) is 38.2 Å². The Bertz CT molecular complexity index is 1480. The Labute approximate surface area is 252 Å². The predicted molar refractivity (Wildman–Crippen MR) is 153 cm³/mol. The van der Waals surface area contributed by atoms with Gasteiger partial charge in [0.1, 0.15) is 11.4 Å². The van der Waals surface area contributed by atoms with E-state index in [-0.39, 0.29) is 24.7 Å². The molecule has 2 saturated heterocycles. The molecule has 3 aliphatic rings. The normalized spacial score (nSPS) is 22.6. The number of carbonyl (C=O) groups is 2. The number of nitrogens with one attached hydrogen (secondary N) is 2. The van der Waals surface area contributed by atoms with E-state index in [1.807, 2.05) is 11.8 Å². The molecule has 2 N–H and O–H groups in total. The van der Waals surface area contributed by atoms with Crippen LogP contribution in [0.15, 0.2) is 18.5 Å². The van der Waals surface area contributed by atoms with E-state index in [2.05, 4.69) is 15.7 Å². The highest BCUT2D eigenvalue weighted by Gasteiger charge is 2.45. The van der Waals surface area contributed by atoms with Crippen molar-refractivity contribution in [2.45, 2.75) is 70.6 Å². The SMILES string of the molecule is CCn1nccc1C(=O)N[C@H](c1cn2nc(C[C@H]3C[C@@H](C(F)(F)F)CNC3=O)c(N3CCOCC3)nc2n1)C1CCCCC1. The first-order chi connectivity index (χ1) is 21.2. The fourth-order valence-electron chi connectivity index (χ4n) is 6.63. The maximum Gasteiger partial charge on any atom is 0.393 e. The molecule has 3 fully saturated rings. The van der Waals surface area contributed by atoms with Crippen LogP contribution in [0.1, 0.15) is 73.4 Å². The van der Waals surface area contributed by atoms with E-state index in [0.717, 1.165) is 32.1 Å². The van der Waals surface area contributed by atoms with Crippen LogP contribution in [0.5, 0.6) is 0 Å². The Morgan fingerprint density at radius 2 is 1.95 bits per heavy atom. The van der Waals surface area contributed by atoms with E-state index >= 15 is 0 Å². The highest BCUT2D eigenvalue weighted by atomic mass is 19.4. The molecule has 1 saturated carbocycles. The number of imidazole rings is 1. The summed E-state index contributed by atoms with van der Waals surface area (Å²) in [6.07, 6.45) is 3.77. The van der Waals surface area contributed by atoms with Crippen LogP contribution in [0.3, 0.4) is 0 Å². The van der Waals surface area contributed by atoms with Crippen LogP contribution in [0.4, 0.5) is 19.0 Å². The summed E-state index contributed by atoms with van der Waals surface area (Å²) in [5.41, 5.74) is 1.51. The quantitative estimate of drug-likeness (QED) is 0.395. The molecule has 0 bridgehead atoms. The van der Waals surface area contributed by atoms with Gasteiger partial charge in [-0.2, -0.15) is 28.4 Å². The fraction of sp³-hybridized carbons (Fsp3) is 0.655. The van der Waals surface area contributed by atoms with Crippen LogP contribution in [0.25, 0.3) is 5.78 Å². The number of aromatic nitrogens is 6. The van der Waals surface area contributed by atoms with Gasteiger partial charge in [-0.25, -0.2) is 9.50 Å². The molecule has 12 nitrogen and oxygen atoms in total. The molecule has 0 aromatic carbocycles. The van der Waals surface area contributed by atoms with E-state index in [1.165, 1.54) is 4.52 Å². The number of amides is 2. The molecule has 0 unspecified atom stereocenters. The largest absolute Gasteiger partial charge is 0.393 e. The molecule has 3 atom stereocenters. The standard InChI is InChI=1S/C29H38F3N9O3/c1-2-40-23(8-9-34-40)27(43)36-24(18-6-4-3-5-7-18)22-17-41-28(35-22)37-25(39-10-12-44-13-11-39)21(38-41)15-19-14-20(29(30,31)32)16-33-26(19)42/h8-9,17-20,24H,2-7,10-16H2,1H3,(H,33,42)(H,36,43)/t19-,20-,24+/m1/s1. The summed E-state index contributed by atoms with van der Waals surface area (Å²) < 4.78 is 49.4. The van der Waals surface area contributed by atoms with E-state index in [4.69, 9.17) is 19.8 Å². The molecule has 0 radical (unpaired) electrons. The molecule has 5 heterocycles. The maximum atomic E-state index is 13.6. The highest BCUT2D eigenvalue weighted by Crippen LogP contribution is 2.36. The molecular formula is C29H38F3N9O3. The number of piperidine rings is 1. The Balaban J connectivity index is 1.35. The van der Waals surface area contributed by atoms with E-state index in [9.17, 15) is 22.8 Å². The molecule has 2 aliphatic heterocycles. The summed E-state index contributed by atoms with van der Waals surface area (Å²) in [6, 6.07) is 1.30. The maximum absolute atomic E-state index is 13.6. The first-order valence-corrected chi connectivity index (χ1v) is 15.5. The van der Waals surface area contributed by atoms with E-state index in [0.29, 0.717) is 61.5 Å². The van der Waals surface area contributed by atoms with Gasteiger partial charge in [0, 0.05) is 44.7 Å². The second kappa shape index (κ2) is 12.7. The molecule has 44 heavy (non-hydrogen) atoms. The highest BCUT2D eigenvalue weighted by molar-refractivity contribution is 5.92. The summed E-state index contributed by atoms with van der Waals surface area (Å²) in [6.45, 7) is 4.05. The lowest BCUT2D eigenvalue weighted by Gasteiger charge is -2.32. The van der Waals surface area contributed by atoms with Crippen molar-refractivity contribution in [1.82, 2.24) is 40.0 Å². The van der Waals surface area contributed by atoms with Crippen molar-refractivity contribution in [2.75, 3.05) is 37.7 Å². The minimum Gasteiger partial charge on any atom is -0.378 e. The van der Waals surface area contributed by atoms with Gasteiger partial charge in [0.05, 0.1) is 37.1 Å². The number of ether oxygens (including phenoxy) is 1. The zero-order valence-electron chi connectivity index (χ0n) is 24.7. The molecule has 3 aromatic heterocycles. The third-order valence-corrected chi connectivity index (χ3v) is 9.03. The Morgan fingerprint density at radius 1 is 1.18 bits per heavy atom. The molecule has 3 aromatic rings. The number of hydrogen-bond acceptors (Lipinski definition) is 8. The van der Waals surface area contributed by atoms with Gasteiger partial charge in [-0.3, -0.25) is 14.3 Å². The number of hydrogen-bond donors (Lipinski definition) is 2. The van der Waals surface area contributed by atoms with Gasteiger partial charge in [0.15, 0.2) is 5.82 Å². The number of carbonyl (C=O) groups excluding carboxylic acids is 2. The number of anilines is 1. The number of alkyl halides is 3. The first-order valence-electron chi connectivity index (χ1n) is 15.5. The summed E-state index contributed by atoms with van der Waals surface area (Å²) in [7, 11) is 0. The predicted octanol–water partition coefficient (Wildman–Crippen LogP) is 3.09. The second-order valence-electron chi connectivity index (χ2n) is 11.9. The Kier molecular flexibility index (Phi) is 8.74. The van der Waals surface area contributed by atoms with E-state index < -0.39 is 36.5 Å². The van der Waals surface area contributed by atoms with Gasteiger partial charge >= 0.3 is 6.18 Å². The Hall–Kier alpha value is -3.75. The van der Waals surface area contributed by atoms with Crippen LogP contribution < -0.4 is 15.5 Å². The minimum absolute atomic E-state index is 0.00531. The first kappa shape index (κ1) is 30.3. The number of aryl methyl sites for hydroxylation is 1. The van der Waals surface area contributed by atoms with Crippen molar-refractivity contribution >= 4 is 23.4 Å². The number of halogens is 3. The van der Waals surface area contributed by atoms with Gasteiger partial charge in [0.2, 0.25) is 5.91 Å². The van der Waals surface area contributed by atoms with E-state index in [1.54, 1.807) is 23.1 Å². The van der Waals surface area contributed by atoms with Crippen molar-refractivity contribution in [2.24, 2.45) is 17.8 Å². The van der Waals surface area contributed by atoms with Crippen molar-refractivity contribution in [3.8, 4) is 0 Å². The molecule has 15 heteroatoms. The Morgan fingerprint density at radius 3 is 2.68 bits per heavy atom. The smallest absolute Gasteiger partial charge is 0.378 e. The van der Waals surface area contributed by atoms with Crippen molar-refractivity contribution in [3.63, 3.8) is 0 Å². The van der Waals surface area contributed by atoms with Crippen LogP contribution >= 0.6 is 0 Å². The van der Waals surface area contributed by atoms with Crippen LogP contribution in [0.2, 0.25) is 0 Å². The lowest BCUT2D eigenvalue weighted by molar-refractivity contribution is -0.183. The molecule has 1 aliphatic carbocycles. The van der Waals surface area contributed by atoms with Crippen molar-refractivity contribution in [3.05, 3.63) is 35.5 Å².